The quantitative estimate of drug-likeness (QED) is 0.947. The average molecular weight is 297 g/mol. The van der Waals surface area contributed by atoms with E-state index in [1.165, 1.54) is 5.56 Å². The summed E-state index contributed by atoms with van der Waals surface area (Å²) in [7, 11) is 0. The predicted octanol–water partition coefficient (Wildman–Crippen LogP) is 2.84. The van der Waals surface area contributed by atoms with Crippen LogP contribution in [0.2, 0.25) is 0 Å². The fourth-order valence-corrected chi connectivity index (χ4v) is 2.52. The highest BCUT2D eigenvalue weighted by molar-refractivity contribution is 5.82. The highest BCUT2D eigenvalue weighted by Gasteiger charge is 2.33. The molecule has 1 N–H and O–H groups in total. The van der Waals surface area contributed by atoms with E-state index in [9.17, 15) is 4.79 Å². The monoisotopic (exact) mass is 297 g/mol. The SMILES string of the molecule is Cc1cccc(CNC(=O)[C@H]2Oc3ccccc3O[C@@H]2C)c1. The fourth-order valence-electron chi connectivity index (χ4n) is 2.52. The molecule has 4 nitrogen and oxygen atoms in total. The summed E-state index contributed by atoms with van der Waals surface area (Å²) >= 11 is 0. The van der Waals surface area contributed by atoms with Crippen molar-refractivity contribution in [1.82, 2.24) is 5.32 Å². The first-order chi connectivity index (χ1) is 10.6. The lowest BCUT2D eigenvalue weighted by Crippen LogP contribution is -2.48. The van der Waals surface area contributed by atoms with E-state index in [1.54, 1.807) is 0 Å². The van der Waals surface area contributed by atoms with Crippen molar-refractivity contribution in [3.63, 3.8) is 0 Å². The fraction of sp³-hybridized carbons (Fsp3) is 0.278. The number of amides is 1. The number of nitrogens with one attached hydrogen (secondary N) is 1. The van der Waals surface area contributed by atoms with E-state index in [-0.39, 0.29) is 12.0 Å². The second-order valence-electron chi connectivity index (χ2n) is 5.52. The van der Waals surface area contributed by atoms with Gasteiger partial charge < -0.3 is 14.8 Å². The Labute approximate surface area is 130 Å². The Morgan fingerprint density at radius 3 is 2.55 bits per heavy atom. The third kappa shape index (κ3) is 3.06. The molecule has 22 heavy (non-hydrogen) atoms. The van der Waals surface area contributed by atoms with Crippen LogP contribution >= 0.6 is 0 Å². The molecule has 0 radical (unpaired) electrons. The van der Waals surface area contributed by atoms with E-state index >= 15 is 0 Å². The molecule has 0 saturated carbocycles. The van der Waals surface area contributed by atoms with Gasteiger partial charge >= 0.3 is 0 Å². The molecular weight excluding hydrogens is 278 g/mol. The molecule has 1 amide bonds. The van der Waals surface area contributed by atoms with Gasteiger partial charge in [-0.2, -0.15) is 0 Å². The van der Waals surface area contributed by atoms with Crippen molar-refractivity contribution in [1.29, 1.82) is 0 Å². The molecule has 2 aromatic rings. The summed E-state index contributed by atoms with van der Waals surface area (Å²) in [5.74, 6) is 1.12. The molecule has 0 bridgehead atoms. The smallest absolute Gasteiger partial charge is 0.265 e. The van der Waals surface area contributed by atoms with E-state index in [1.807, 2.05) is 56.3 Å². The Bertz CT molecular complexity index is 684. The summed E-state index contributed by atoms with van der Waals surface area (Å²) in [5.41, 5.74) is 2.24. The normalized spacial score (nSPS) is 19.5. The summed E-state index contributed by atoms with van der Waals surface area (Å²) in [6.07, 6.45) is -0.966. The molecule has 2 aromatic carbocycles. The van der Waals surface area contributed by atoms with Crippen LogP contribution in [-0.2, 0) is 11.3 Å². The van der Waals surface area contributed by atoms with Crippen molar-refractivity contribution in [2.24, 2.45) is 0 Å². The van der Waals surface area contributed by atoms with Crippen LogP contribution in [0.5, 0.6) is 11.5 Å². The van der Waals surface area contributed by atoms with Gasteiger partial charge in [0.05, 0.1) is 0 Å². The Hall–Kier alpha value is -2.49. The van der Waals surface area contributed by atoms with Gasteiger partial charge in [-0.1, -0.05) is 42.0 Å². The van der Waals surface area contributed by atoms with Gasteiger partial charge in [0.1, 0.15) is 6.10 Å². The second kappa shape index (κ2) is 6.10. The first kappa shape index (κ1) is 14.4. The molecule has 1 heterocycles. The van der Waals surface area contributed by atoms with Crippen molar-refractivity contribution in [3.05, 3.63) is 59.7 Å². The van der Waals surface area contributed by atoms with Crippen LogP contribution in [0.4, 0.5) is 0 Å². The van der Waals surface area contributed by atoms with E-state index < -0.39 is 6.10 Å². The molecule has 1 aliphatic heterocycles. The van der Waals surface area contributed by atoms with Gasteiger partial charge in [-0.15, -0.1) is 0 Å². The molecule has 0 fully saturated rings. The molecule has 0 unspecified atom stereocenters. The summed E-state index contributed by atoms with van der Waals surface area (Å²) in [4.78, 5) is 12.4. The van der Waals surface area contributed by atoms with Crippen LogP contribution in [0.1, 0.15) is 18.1 Å². The maximum absolute atomic E-state index is 12.4. The Morgan fingerprint density at radius 2 is 1.82 bits per heavy atom. The number of carbonyl (C=O) groups is 1. The minimum atomic E-state index is -0.639. The van der Waals surface area contributed by atoms with Gasteiger partial charge in [0, 0.05) is 6.54 Å². The first-order valence-electron chi connectivity index (χ1n) is 7.39. The Balaban J connectivity index is 1.65. The molecule has 0 aromatic heterocycles. The molecule has 0 spiro atoms. The molecule has 1 aliphatic rings. The van der Waals surface area contributed by atoms with Crippen molar-refractivity contribution in [2.75, 3.05) is 0 Å². The number of hydrogen-bond acceptors (Lipinski definition) is 3. The van der Waals surface area contributed by atoms with E-state index in [2.05, 4.69) is 11.4 Å². The highest BCUT2D eigenvalue weighted by Crippen LogP contribution is 2.33. The maximum Gasteiger partial charge on any atom is 0.265 e. The lowest BCUT2D eigenvalue weighted by molar-refractivity contribution is -0.133. The number of hydrogen-bond donors (Lipinski definition) is 1. The van der Waals surface area contributed by atoms with Crippen LogP contribution in [0.15, 0.2) is 48.5 Å². The Morgan fingerprint density at radius 1 is 1.09 bits per heavy atom. The van der Waals surface area contributed by atoms with Crippen molar-refractivity contribution < 1.29 is 14.3 Å². The summed E-state index contributed by atoms with van der Waals surface area (Å²) in [6.45, 7) is 4.35. The topological polar surface area (TPSA) is 47.6 Å². The molecule has 0 saturated heterocycles. The van der Waals surface area contributed by atoms with Crippen LogP contribution in [0.3, 0.4) is 0 Å². The minimum absolute atomic E-state index is 0.163. The molecular formula is C18H19NO3. The summed E-state index contributed by atoms with van der Waals surface area (Å²) < 4.78 is 11.5. The van der Waals surface area contributed by atoms with Gasteiger partial charge in [-0.25, -0.2) is 0 Å². The number of fused-ring (bicyclic) bond motifs is 1. The van der Waals surface area contributed by atoms with Crippen LogP contribution in [0, 0.1) is 6.92 Å². The zero-order valence-electron chi connectivity index (χ0n) is 12.7. The van der Waals surface area contributed by atoms with Gasteiger partial charge in [0.25, 0.3) is 5.91 Å². The summed E-state index contributed by atoms with van der Waals surface area (Å²) in [5, 5.41) is 2.91. The maximum atomic E-state index is 12.4. The van der Waals surface area contributed by atoms with Gasteiger partial charge in [0.2, 0.25) is 6.10 Å². The number of aryl methyl sites for hydroxylation is 1. The van der Waals surface area contributed by atoms with E-state index in [0.29, 0.717) is 18.0 Å². The standard InChI is InChI=1S/C18H19NO3/c1-12-6-5-7-14(10-12)11-19-18(20)17-13(2)21-15-8-3-4-9-16(15)22-17/h3-10,13,17H,11H2,1-2H3,(H,19,20)/t13-,17+/m1/s1. The zero-order chi connectivity index (χ0) is 15.5. The second-order valence-corrected chi connectivity index (χ2v) is 5.52. The molecule has 114 valence electrons. The first-order valence-corrected chi connectivity index (χ1v) is 7.39. The zero-order valence-corrected chi connectivity index (χ0v) is 12.7. The number of ether oxygens (including phenoxy) is 2. The van der Waals surface area contributed by atoms with Crippen molar-refractivity contribution in [2.45, 2.75) is 32.6 Å². The number of benzene rings is 2. The lowest BCUT2D eigenvalue weighted by Gasteiger charge is -2.31. The number of para-hydroxylation sites is 2. The lowest BCUT2D eigenvalue weighted by atomic mass is 10.1. The molecule has 4 heteroatoms. The van der Waals surface area contributed by atoms with Gasteiger partial charge in [-0.05, 0) is 31.5 Å². The van der Waals surface area contributed by atoms with Crippen molar-refractivity contribution >= 4 is 5.91 Å². The number of carbonyl (C=O) groups excluding carboxylic acids is 1. The van der Waals surface area contributed by atoms with Crippen LogP contribution < -0.4 is 14.8 Å². The van der Waals surface area contributed by atoms with E-state index in [4.69, 9.17) is 9.47 Å². The number of rotatable bonds is 3. The minimum Gasteiger partial charge on any atom is -0.482 e. The Kier molecular flexibility index (Phi) is 4.00. The third-order valence-corrected chi connectivity index (χ3v) is 3.65. The van der Waals surface area contributed by atoms with Crippen LogP contribution in [-0.4, -0.2) is 18.1 Å². The van der Waals surface area contributed by atoms with Crippen LogP contribution in [0.25, 0.3) is 0 Å². The molecule has 3 rings (SSSR count). The highest BCUT2D eigenvalue weighted by atomic mass is 16.6. The average Bonchev–Trinajstić information content (AvgIpc) is 2.52. The largest absolute Gasteiger partial charge is 0.482 e. The van der Waals surface area contributed by atoms with E-state index in [0.717, 1.165) is 5.56 Å². The third-order valence-electron chi connectivity index (χ3n) is 3.65. The molecule has 0 aliphatic carbocycles. The van der Waals surface area contributed by atoms with Gasteiger partial charge in [-0.3, -0.25) is 4.79 Å². The van der Waals surface area contributed by atoms with Crippen molar-refractivity contribution in [3.8, 4) is 11.5 Å². The molecule has 2 atom stereocenters. The predicted molar refractivity (Wildman–Crippen MR) is 84.0 cm³/mol. The van der Waals surface area contributed by atoms with Gasteiger partial charge in [0.15, 0.2) is 11.5 Å². The summed E-state index contributed by atoms with van der Waals surface area (Å²) in [6, 6.07) is 15.4.